The molecule has 4 rings (SSSR count). The first-order valence-corrected chi connectivity index (χ1v) is 11.8. The molecular formula is C24H27ClF3N3O7. The maximum Gasteiger partial charge on any atom is 0.490 e. The van der Waals surface area contributed by atoms with E-state index < -0.39 is 24.3 Å². The van der Waals surface area contributed by atoms with E-state index in [1.54, 1.807) is 0 Å². The van der Waals surface area contributed by atoms with Crippen LogP contribution in [0.15, 0.2) is 36.4 Å². The summed E-state index contributed by atoms with van der Waals surface area (Å²) >= 11 is 6.10. The first-order valence-electron chi connectivity index (χ1n) is 11.5. The summed E-state index contributed by atoms with van der Waals surface area (Å²) in [5, 5.41) is 30.4. The average Bonchev–Trinajstić information content (AvgIpc) is 3.17. The number of phenols is 1. The van der Waals surface area contributed by atoms with Gasteiger partial charge in [0.25, 0.3) is 0 Å². The highest BCUT2D eigenvalue weighted by atomic mass is 35.5. The van der Waals surface area contributed by atoms with Crippen molar-refractivity contribution in [3.8, 4) is 17.2 Å². The third-order valence-electron chi connectivity index (χ3n) is 5.99. The third-order valence-corrected chi connectivity index (χ3v) is 6.23. The van der Waals surface area contributed by atoms with Crippen LogP contribution in [0.3, 0.4) is 0 Å². The summed E-state index contributed by atoms with van der Waals surface area (Å²) in [6.07, 6.45) is -3.23. The van der Waals surface area contributed by atoms with Crippen molar-refractivity contribution in [3.63, 3.8) is 0 Å². The lowest BCUT2D eigenvalue weighted by atomic mass is 9.87. The fourth-order valence-electron chi connectivity index (χ4n) is 4.23. The smallest absolute Gasteiger partial charge is 0.490 e. The number of aromatic hydroxyl groups is 1. The maximum absolute atomic E-state index is 11.1. The van der Waals surface area contributed by atoms with E-state index in [-0.39, 0.29) is 23.7 Å². The molecule has 0 saturated carbocycles. The number of nitrogens with two attached hydrogens (primary N) is 1. The van der Waals surface area contributed by atoms with E-state index in [4.69, 9.17) is 36.7 Å². The number of nitrogens with zero attached hydrogens (tertiary/aromatic N) is 1. The van der Waals surface area contributed by atoms with Gasteiger partial charge in [-0.05, 0) is 35.9 Å². The second-order valence-electron chi connectivity index (χ2n) is 8.95. The normalized spacial score (nSPS) is 17.0. The number of rotatable bonds is 6. The number of anilines is 1. The predicted octanol–water partition coefficient (Wildman–Crippen LogP) is 3.38. The van der Waals surface area contributed by atoms with Crippen LogP contribution in [0.4, 0.5) is 23.7 Å². The second kappa shape index (κ2) is 12.0. The molecule has 38 heavy (non-hydrogen) atoms. The van der Waals surface area contributed by atoms with Gasteiger partial charge in [0.1, 0.15) is 35.6 Å². The molecule has 0 aliphatic carbocycles. The molecular weight excluding hydrogens is 535 g/mol. The Hall–Kier alpha value is -3.42. The Morgan fingerprint density at radius 2 is 1.87 bits per heavy atom. The highest BCUT2D eigenvalue weighted by Crippen LogP contribution is 2.42. The molecule has 10 nitrogen and oxygen atoms in total. The number of likely N-dealkylation sites (tertiary alicyclic amines) is 1. The van der Waals surface area contributed by atoms with E-state index >= 15 is 0 Å². The van der Waals surface area contributed by atoms with Crippen LogP contribution in [-0.2, 0) is 11.2 Å². The molecule has 2 aromatic rings. The number of benzene rings is 2. The number of urea groups is 1. The number of β-amino-alcohol motifs (C(OH)–C–C–N with tert-alkyl or cyclic N) is 1. The highest BCUT2D eigenvalue weighted by molar-refractivity contribution is 6.30. The van der Waals surface area contributed by atoms with Crippen LogP contribution in [0.5, 0.6) is 17.2 Å². The number of nitrogens with one attached hydrogen (secondary N) is 1. The SMILES string of the molecule is NC(=O)Nc1ccc(O)cc1OC[C@@H](O)CN1CCC2(CC1)Cc1cc(Cl)ccc1O2.O=C(O)C(F)(F)F. The van der Waals surface area contributed by atoms with Crippen LogP contribution < -0.4 is 20.5 Å². The first-order chi connectivity index (χ1) is 17.8. The van der Waals surface area contributed by atoms with E-state index in [1.807, 2.05) is 18.2 Å². The summed E-state index contributed by atoms with van der Waals surface area (Å²) in [6, 6.07) is 9.28. The van der Waals surface area contributed by atoms with Crippen molar-refractivity contribution in [1.82, 2.24) is 4.90 Å². The number of aliphatic carboxylic acids is 1. The number of piperidine rings is 1. The number of carboxylic acid groups (broad SMARTS) is 1. The molecule has 0 unspecified atom stereocenters. The molecule has 2 aliphatic rings. The first kappa shape index (κ1) is 29.1. The average molecular weight is 562 g/mol. The minimum absolute atomic E-state index is 0.0129. The van der Waals surface area contributed by atoms with Crippen molar-refractivity contribution in [2.75, 3.05) is 31.6 Å². The van der Waals surface area contributed by atoms with Gasteiger partial charge in [0.2, 0.25) is 0 Å². The number of ether oxygens (including phenoxy) is 2. The largest absolute Gasteiger partial charge is 0.508 e. The summed E-state index contributed by atoms with van der Waals surface area (Å²) in [5.74, 6) is -1.61. The number of amides is 2. The Morgan fingerprint density at radius 1 is 1.21 bits per heavy atom. The summed E-state index contributed by atoms with van der Waals surface area (Å²) in [5.41, 5.74) is 6.44. The number of primary amides is 1. The molecule has 1 atom stereocenters. The van der Waals surface area contributed by atoms with Crippen molar-refractivity contribution in [2.24, 2.45) is 5.73 Å². The Kier molecular flexibility index (Phi) is 9.18. The predicted molar refractivity (Wildman–Crippen MR) is 131 cm³/mol. The molecule has 1 fully saturated rings. The van der Waals surface area contributed by atoms with Crippen molar-refractivity contribution in [1.29, 1.82) is 0 Å². The Balaban J connectivity index is 0.000000505. The third kappa shape index (κ3) is 8.04. The van der Waals surface area contributed by atoms with Crippen LogP contribution in [0, 0.1) is 0 Å². The molecule has 14 heteroatoms. The molecule has 208 valence electrons. The zero-order valence-corrected chi connectivity index (χ0v) is 20.8. The number of phenolic OH excluding ortho intramolecular Hbond substituents is 1. The van der Waals surface area contributed by atoms with Crippen molar-refractivity contribution in [3.05, 3.63) is 47.0 Å². The monoisotopic (exact) mass is 561 g/mol. The van der Waals surface area contributed by atoms with Crippen molar-refractivity contribution in [2.45, 2.75) is 37.1 Å². The van der Waals surface area contributed by atoms with E-state index in [1.165, 1.54) is 18.2 Å². The number of aliphatic hydroxyl groups is 1. The zero-order chi connectivity index (χ0) is 28.1. The Morgan fingerprint density at radius 3 is 2.47 bits per heavy atom. The van der Waals surface area contributed by atoms with Gasteiger partial charge >= 0.3 is 18.2 Å². The second-order valence-corrected chi connectivity index (χ2v) is 9.39. The van der Waals surface area contributed by atoms with Gasteiger partial charge in [0, 0.05) is 50.0 Å². The van der Waals surface area contributed by atoms with Gasteiger partial charge in [-0.15, -0.1) is 0 Å². The summed E-state index contributed by atoms with van der Waals surface area (Å²) in [6.45, 7) is 2.07. The van der Waals surface area contributed by atoms with Crippen LogP contribution >= 0.6 is 11.6 Å². The summed E-state index contributed by atoms with van der Waals surface area (Å²) in [7, 11) is 0. The molecule has 1 spiro atoms. The fraction of sp³-hybridized carbons (Fsp3) is 0.417. The van der Waals surface area contributed by atoms with Gasteiger partial charge in [0.05, 0.1) is 5.69 Å². The van der Waals surface area contributed by atoms with E-state index in [2.05, 4.69) is 10.2 Å². The highest BCUT2D eigenvalue weighted by Gasteiger charge is 2.42. The molecule has 2 heterocycles. The Labute approximate surface area is 220 Å². The van der Waals surface area contributed by atoms with Gasteiger partial charge in [-0.1, -0.05) is 11.6 Å². The number of carboxylic acids is 1. The quantitative estimate of drug-likeness (QED) is 0.336. The summed E-state index contributed by atoms with van der Waals surface area (Å²) < 4.78 is 43.6. The number of halogens is 4. The van der Waals surface area contributed by atoms with E-state index in [0.717, 1.165) is 48.7 Å². The van der Waals surface area contributed by atoms with Crippen LogP contribution in [0.25, 0.3) is 0 Å². The standard InChI is InChI=1S/C22H26ClN3O5.C2HF3O2/c23-15-1-4-19-14(9-15)11-22(31-19)5-7-26(8-6-22)12-17(28)13-30-20-10-16(27)2-3-18(20)25-21(24)29;3-2(4,5)1(6)7/h1-4,9-10,17,27-28H,5-8,11-13H2,(H3,24,25,29);(H,6,7)/t17-;/m0./s1. The number of aliphatic hydroxyl groups excluding tert-OH is 1. The van der Waals surface area contributed by atoms with E-state index in [9.17, 15) is 28.2 Å². The summed E-state index contributed by atoms with van der Waals surface area (Å²) in [4.78, 5) is 22.2. The number of carbonyl (C=O) groups is 2. The number of alkyl halides is 3. The zero-order valence-electron chi connectivity index (χ0n) is 20.0. The molecule has 0 bridgehead atoms. The van der Waals surface area contributed by atoms with Crippen LogP contribution in [-0.4, -0.2) is 76.3 Å². The number of fused-ring (bicyclic) bond motifs is 1. The number of hydrogen-bond donors (Lipinski definition) is 5. The van der Waals surface area contributed by atoms with Crippen LogP contribution in [0.1, 0.15) is 18.4 Å². The molecule has 0 aromatic heterocycles. The Bertz CT molecular complexity index is 1160. The van der Waals surface area contributed by atoms with Gasteiger partial charge < -0.3 is 40.7 Å². The topological polar surface area (TPSA) is 155 Å². The van der Waals surface area contributed by atoms with E-state index in [0.29, 0.717) is 12.2 Å². The maximum atomic E-state index is 11.1. The molecule has 2 amide bonds. The van der Waals surface area contributed by atoms with Crippen molar-refractivity contribution < 1.29 is 47.6 Å². The number of hydrogen-bond acceptors (Lipinski definition) is 7. The molecule has 2 aromatic carbocycles. The minimum atomic E-state index is -5.08. The molecule has 1 saturated heterocycles. The number of carbonyl (C=O) groups excluding carboxylic acids is 1. The van der Waals surface area contributed by atoms with Crippen molar-refractivity contribution >= 4 is 29.3 Å². The lowest BCUT2D eigenvalue weighted by Gasteiger charge is -2.39. The fourth-order valence-corrected chi connectivity index (χ4v) is 4.42. The molecule has 6 N–H and O–H groups in total. The van der Waals surface area contributed by atoms with Gasteiger partial charge in [-0.2, -0.15) is 13.2 Å². The lowest BCUT2D eigenvalue weighted by Crippen LogP contribution is -2.49. The van der Waals surface area contributed by atoms with Crippen LogP contribution in [0.2, 0.25) is 5.02 Å². The lowest BCUT2D eigenvalue weighted by molar-refractivity contribution is -0.192. The molecule has 2 aliphatic heterocycles. The minimum Gasteiger partial charge on any atom is -0.508 e. The molecule has 0 radical (unpaired) electrons. The van der Waals surface area contributed by atoms with Gasteiger partial charge in [-0.3, -0.25) is 0 Å². The van der Waals surface area contributed by atoms with Gasteiger partial charge in [0.15, 0.2) is 0 Å². The van der Waals surface area contributed by atoms with Gasteiger partial charge in [-0.25, -0.2) is 9.59 Å².